The standard InChI is InChI=1S/C13H22N4O3S/c1-11(10-16-8-5-7-14-16)15-13(18)12-6-3-4-9-17(12)21(2,19)20/h5,7-8,11-12H,3-4,6,9-10H2,1-2H3,(H,15,18). The van der Waals surface area contributed by atoms with Crippen LogP contribution in [0, 0.1) is 0 Å². The summed E-state index contributed by atoms with van der Waals surface area (Å²) in [7, 11) is -3.35. The van der Waals surface area contributed by atoms with Crippen molar-refractivity contribution in [1.82, 2.24) is 19.4 Å². The van der Waals surface area contributed by atoms with E-state index in [1.165, 1.54) is 4.31 Å². The van der Waals surface area contributed by atoms with Gasteiger partial charge in [-0.1, -0.05) is 6.42 Å². The molecule has 1 saturated heterocycles. The van der Waals surface area contributed by atoms with Gasteiger partial charge >= 0.3 is 0 Å². The van der Waals surface area contributed by atoms with Crippen molar-refractivity contribution in [2.75, 3.05) is 12.8 Å². The topological polar surface area (TPSA) is 84.3 Å². The first-order valence-corrected chi connectivity index (χ1v) is 8.97. The van der Waals surface area contributed by atoms with Crippen LogP contribution in [-0.2, 0) is 21.4 Å². The van der Waals surface area contributed by atoms with Crippen molar-refractivity contribution in [3.8, 4) is 0 Å². The van der Waals surface area contributed by atoms with E-state index in [1.54, 1.807) is 10.9 Å². The van der Waals surface area contributed by atoms with E-state index in [1.807, 2.05) is 19.2 Å². The van der Waals surface area contributed by atoms with Gasteiger partial charge in [-0.25, -0.2) is 8.42 Å². The molecule has 2 rings (SSSR count). The van der Waals surface area contributed by atoms with Gasteiger partial charge in [-0.2, -0.15) is 9.40 Å². The maximum absolute atomic E-state index is 12.3. The third-order valence-corrected chi connectivity index (χ3v) is 4.88. The van der Waals surface area contributed by atoms with Gasteiger partial charge < -0.3 is 5.32 Å². The number of aromatic nitrogens is 2. The van der Waals surface area contributed by atoms with Crippen molar-refractivity contribution in [2.24, 2.45) is 0 Å². The van der Waals surface area contributed by atoms with E-state index in [4.69, 9.17) is 0 Å². The Morgan fingerprint density at radius 3 is 2.86 bits per heavy atom. The number of hydrogen-bond donors (Lipinski definition) is 1. The van der Waals surface area contributed by atoms with E-state index >= 15 is 0 Å². The van der Waals surface area contributed by atoms with E-state index in [0.29, 0.717) is 19.5 Å². The Bertz CT molecular complexity index is 570. The van der Waals surface area contributed by atoms with Crippen molar-refractivity contribution >= 4 is 15.9 Å². The van der Waals surface area contributed by atoms with Crippen LogP contribution in [0.15, 0.2) is 18.5 Å². The van der Waals surface area contributed by atoms with Gasteiger partial charge in [-0.15, -0.1) is 0 Å². The van der Waals surface area contributed by atoms with E-state index in [-0.39, 0.29) is 11.9 Å². The lowest BCUT2D eigenvalue weighted by Crippen LogP contribution is -2.53. The number of hydrogen-bond acceptors (Lipinski definition) is 4. The first kappa shape index (κ1) is 16.0. The summed E-state index contributed by atoms with van der Waals surface area (Å²) >= 11 is 0. The van der Waals surface area contributed by atoms with Crippen LogP contribution in [0.4, 0.5) is 0 Å². The molecule has 2 heterocycles. The minimum Gasteiger partial charge on any atom is -0.350 e. The van der Waals surface area contributed by atoms with Gasteiger partial charge in [0.1, 0.15) is 6.04 Å². The first-order chi connectivity index (χ1) is 9.88. The van der Waals surface area contributed by atoms with Crippen LogP contribution in [0.3, 0.4) is 0 Å². The number of rotatable bonds is 5. The van der Waals surface area contributed by atoms with Gasteiger partial charge in [0.25, 0.3) is 0 Å². The summed E-state index contributed by atoms with van der Waals surface area (Å²) in [5.41, 5.74) is 0. The third-order valence-electron chi connectivity index (χ3n) is 3.59. The predicted octanol–water partition coefficient (Wildman–Crippen LogP) is 0.202. The maximum Gasteiger partial charge on any atom is 0.238 e. The molecule has 0 radical (unpaired) electrons. The minimum absolute atomic E-state index is 0.110. The molecule has 8 heteroatoms. The van der Waals surface area contributed by atoms with E-state index < -0.39 is 16.1 Å². The van der Waals surface area contributed by atoms with Gasteiger partial charge in [0.2, 0.25) is 15.9 Å². The molecule has 0 bridgehead atoms. The molecule has 7 nitrogen and oxygen atoms in total. The van der Waals surface area contributed by atoms with Crippen LogP contribution in [0.1, 0.15) is 26.2 Å². The van der Waals surface area contributed by atoms with Crippen LogP contribution in [-0.4, -0.2) is 53.3 Å². The number of sulfonamides is 1. The zero-order chi connectivity index (χ0) is 15.5. The van der Waals surface area contributed by atoms with Crippen LogP contribution in [0.25, 0.3) is 0 Å². The number of carbonyl (C=O) groups excluding carboxylic acids is 1. The van der Waals surface area contributed by atoms with E-state index in [0.717, 1.165) is 19.1 Å². The van der Waals surface area contributed by atoms with Crippen molar-refractivity contribution < 1.29 is 13.2 Å². The Labute approximate surface area is 125 Å². The fourth-order valence-corrected chi connectivity index (χ4v) is 3.76. The van der Waals surface area contributed by atoms with Gasteiger partial charge in [0.05, 0.1) is 12.8 Å². The monoisotopic (exact) mass is 314 g/mol. The van der Waals surface area contributed by atoms with Crippen LogP contribution < -0.4 is 5.32 Å². The zero-order valence-corrected chi connectivity index (χ0v) is 13.2. The van der Waals surface area contributed by atoms with E-state index in [9.17, 15) is 13.2 Å². The van der Waals surface area contributed by atoms with Crippen LogP contribution >= 0.6 is 0 Å². The van der Waals surface area contributed by atoms with Gasteiger partial charge in [0, 0.05) is 25.0 Å². The molecule has 0 aliphatic carbocycles. The summed E-state index contributed by atoms with van der Waals surface area (Å²) in [6.07, 6.45) is 6.92. The number of nitrogens with zero attached hydrogens (tertiary/aromatic N) is 3. The Morgan fingerprint density at radius 2 is 2.24 bits per heavy atom. The molecule has 1 aromatic heterocycles. The molecule has 0 saturated carbocycles. The highest BCUT2D eigenvalue weighted by Crippen LogP contribution is 2.20. The average Bonchev–Trinajstić information content (AvgIpc) is 2.90. The Hall–Kier alpha value is -1.41. The lowest BCUT2D eigenvalue weighted by molar-refractivity contribution is -0.126. The summed E-state index contributed by atoms with van der Waals surface area (Å²) in [6, 6.07) is 1.12. The predicted molar refractivity (Wildman–Crippen MR) is 79.0 cm³/mol. The molecule has 0 spiro atoms. The average molecular weight is 314 g/mol. The number of nitrogens with one attached hydrogen (secondary N) is 1. The highest BCUT2D eigenvalue weighted by atomic mass is 32.2. The van der Waals surface area contributed by atoms with Crippen molar-refractivity contribution in [3.05, 3.63) is 18.5 Å². The number of carbonyl (C=O) groups is 1. The molecule has 1 amide bonds. The molecule has 1 N–H and O–H groups in total. The summed E-state index contributed by atoms with van der Waals surface area (Å²) < 4.78 is 26.6. The lowest BCUT2D eigenvalue weighted by Gasteiger charge is -2.33. The minimum atomic E-state index is -3.35. The second-order valence-corrected chi connectivity index (χ2v) is 7.46. The van der Waals surface area contributed by atoms with Gasteiger partial charge in [0.15, 0.2) is 0 Å². The summed E-state index contributed by atoms with van der Waals surface area (Å²) in [6.45, 7) is 2.86. The number of amides is 1. The quantitative estimate of drug-likeness (QED) is 0.841. The molecule has 1 aromatic rings. The highest BCUT2D eigenvalue weighted by molar-refractivity contribution is 7.88. The maximum atomic E-state index is 12.3. The van der Waals surface area contributed by atoms with E-state index in [2.05, 4.69) is 10.4 Å². The fourth-order valence-electron chi connectivity index (χ4n) is 2.64. The Morgan fingerprint density at radius 1 is 1.48 bits per heavy atom. The normalized spacial score (nSPS) is 21.9. The molecular formula is C13H22N4O3S. The lowest BCUT2D eigenvalue weighted by atomic mass is 10.0. The first-order valence-electron chi connectivity index (χ1n) is 7.12. The second-order valence-electron chi connectivity index (χ2n) is 5.52. The molecule has 21 heavy (non-hydrogen) atoms. The molecule has 118 valence electrons. The molecule has 1 fully saturated rings. The smallest absolute Gasteiger partial charge is 0.238 e. The second kappa shape index (κ2) is 6.57. The fraction of sp³-hybridized carbons (Fsp3) is 0.692. The largest absolute Gasteiger partial charge is 0.350 e. The Balaban J connectivity index is 1.97. The highest BCUT2D eigenvalue weighted by Gasteiger charge is 2.34. The van der Waals surface area contributed by atoms with Gasteiger partial charge in [-0.05, 0) is 25.8 Å². The summed E-state index contributed by atoms with van der Waals surface area (Å²) in [5.74, 6) is -0.222. The van der Waals surface area contributed by atoms with Crippen molar-refractivity contribution in [2.45, 2.75) is 44.8 Å². The zero-order valence-electron chi connectivity index (χ0n) is 12.4. The van der Waals surface area contributed by atoms with Crippen LogP contribution in [0.2, 0.25) is 0 Å². The molecule has 1 aliphatic rings. The molecule has 1 aliphatic heterocycles. The molecule has 2 atom stereocenters. The third kappa shape index (κ3) is 4.28. The van der Waals surface area contributed by atoms with Crippen LogP contribution in [0.5, 0.6) is 0 Å². The SMILES string of the molecule is CC(Cn1cccn1)NC(=O)C1CCCCN1S(C)(=O)=O. The van der Waals surface area contributed by atoms with Crippen molar-refractivity contribution in [1.29, 1.82) is 0 Å². The van der Waals surface area contributed by atoms with Crippen molar-refractivity contribution in [3.63, 3.8) is 0 Å². The summed E-state index contributed by atoms with van der Waals surface area (Å²) in [4.78, 5) is 12.3. The Kier molecular flexibility index (Phi) is 5.00. The van der Waals surface area contributed by atoms with Gasteiger partial charge in [-0.3, -0.25) is 9.48 Å². The number of piperidine rings is 1. The molecule has 0 aromatic carbocycles. The molecule has 2 unspecified atom stereocenters. The molecular weight excluding hydrogens is 292 g/mol. The summed E-state index contributed by atoms with van der Waals surface area (Å²) in [5, 5.41) is 6.97.